The van der Waals surface area contributed by atoms with Crippen LogP contribution < -0.4 is 5.73 Å². The van der Waals surface area contributed by atoms with Crippen molar-refractivity contribution in [3.8, 4) is 0 Å². The van der Waals surface area contributed by atoms with Crippen LogP contribution >= 0.6 is 0 Å². The summed E-state index contributed by atoms with van der Waals surface area (Å²) in [5.41, 5.74) is 8.16. The lowest BCUT2D eigenvalue weighted by Gasteiger charge is -2.06. The van der Waals surface area contributed by atoms with E-state index in [9.17, 15) is 4.79 Å². The Morgan fingerprint density at radius 2 is 2.13 bits per heavy atom. The molecule has 0 saturated carbocycles. The molecule has 0 aromatic heterocycles. The summed E-state index contributed by atoms with van der Waals surface area (Å²) in [5, 5.41) is 0. The van der Waals surface area contributed by atoms with Gasteiger partial charge in [-0.1, -0.05) is 23.8 Å². The molecule has 0 saturated heterocycles. The van der Waals surface area contributed by atoms with Gasteiger partial charge in [-0.05, 0) is 19.4 Å². The molecule has 0 fully saturated rings. The van der Waals surface area contributed by atoms with E-state index in [0.29, 0.717) is 13.2 Å². The Morgan fingerprint density at radius 3 is 2.73 bits per heavy atom. The molecule has 82 valence electrons. The summed E-state index contributed by atoms with van der Waals surface area (Å²) in [6.07, 6.45) is 0. The van der Waals surface area contributed by atoms with Crippen molar-refractivity contribution in [2.45, 2.75) is 13.8 Å². The zero-order valence-electron chi connectivity index (χ0n) is 9.25. The van der Waals surface area contributed by atoms with Crippen LogP contribution in [-0.4, -0.2) is 25.5 Å². The van der Waals surface area contributed by atoms with E-state index in [2.05, 4.69) is 0 Å². The maximum absolute atomic E-state index is 11.7. The lowest BCUT2D eigenvalue weighted by molar-refractivity contribution is 0.0773. The third-order valence-electron chi connectivity index (χ3n) is 2.18. The van der Waals surface area contributed by atoms with Gasteiger partial charge in [0.2, 0.25) is 0 Å². The highest BCUT2D eigenvalue weighted by Gasteiger charge is 2.08. The summed E-state index contributed by atoms with van der Waals surface area (Å²) >= 11 is 0. The van der Waals surface area contributed by atoms with Gasteiger partial charge in [0.25, 0.3) is 0 Å². The van der Waals surface area contributed by atoms with Crippen molar-refractivity contribution >= 4 is 5.78 Å². The number of aryl methyl sites for hydroxylation is 2. The summed E-state index contributed by atoms with van der Waals surface area (Å²) < 4.78 is 5.11. The molecule has 1 aromatic carbocycles. The lowest BCUT2D eigenvalue weighted by atomic mass is 10.0. The molecule has 2 N–H and O–H groups in total. The Bertz CT molecular complexity index is 347. The Kier molecular flexibility index (Phi) is 4.46. The molecule has 15 heavy (non-hydrogen) atoms. The first-order valence-electron chi connectivity index (χ1n) is 5.03. The summed E-state index contributed by atoms with van der Waals surface area (Å²) in [5.74, 6) is 0.0148. The fourth-order valence-electron chi connectivity index (χ4n) is 1.45. The summed E-state index contributed by atoms with van der Waals surface area (Å²) in [4.78, 5) is 11.7. The van der Waals surface area contributed by atoms with Crippen molar-refractivity contribution in [1.29, 1.82) is 0 Å². The van der Waals surface area contributed by atoms with Gasteiger partial charge in [-0.15, -0.1) is 0 Å². The number of Topliss-reactive ketones (excluding diaryl/α,β-unsaturated/α-hetero) is 1. The number of ketones is 1. The topological polar surface area (TPSA) is 52.3 Å². The average molecular weight is 207 g/mol. The van der Waals surface area contributed by atoms with E-state index in [1.807, 2.05) is 32.0 Å². The van der Waals surface area contributed by atoms with Crippen LogP contribution in [0.5, 0.6) is 0 Å². The molecule has 0 unspecified atom stereocenters. The third-order valence-corrected chi connectivity index (χ3v) is 2.18. The molecule has 3 heteroatoms. The summed E-state index contributed by atoms with van der Waals surface area (Å²) in [6, 6.07) is 5.78. The van der Waals surface area contributed by atoms with Gasteiger partial charge in [-0.2, -0.15) is 0 Å². The van der Waals surface area contributed by atoms with Gasteiger partial charge in [-0.3, -0.25) is 4.79 Å². The number of hydrogen-bond acceptors (Lipinski definition) is 3. The molecule has 0 aliphatic rings. The first kappa shape index (κ1) is 11.9. The normalized spacial score (nSPS) is 10.3. The minimum atomic E-state index is 0.0148. The van der Waals surface area contributed by atoms with Gasteiger partial charge < -0.3 is 10.5 Å². The smallest absolute Gasteiger partial charge is 0.188 e. The molecule has 0 amide bonds. The van der Waals surface area contributed by atoms with Gasteiger partial charge >= 0.3 is 0 Å². The fourth-order valence-corrected chi connectivity index (χ4v) is 1.45. The van der Waals surface area contributed by atoms with Crippen LogP contribution in [0.4, 0.5) is 0 Å². The highest BCUT2D eigenvalue weighted by molar-refractivity contribution is 5.98. The molecule has 3 nitrogen and oxygen atoms in total. The maximum atomic E-state index is 11.7. The highest BCUT2D eigenvalue weighted by atomic mass is 16.5. The van der Waals surface area contributed by atoms with Crippen LogP contribution in [0.2, 0.25) is 0 Å². The number of rotatable bonds is 5. The van der Waals surface area contributed by atoms with E-state index in [0.717, 1.165) is 16.7 Å². The summed E-state index contributed by atoms with van der Waals surface area (Å²) in [6.45, 7) is 4.92. The van der Waals surface area contributed by atoms with E-state index in [4.69, 9.17) is 10.5 Å². The highest BCUT2D eigenvalue weighted by Crippen LogP contribution is 2.11. The van der Waals surface area contributed by atoms with Gasteiger partial charge in [0.05, 0.1) is 6.61 Å². The van der Waals surface area contributed by atoms with E-state index >= 15 is 0 Å². The number of carbonyl (C=O) groups is 1. The molecule has 0 spiro atoms. The molecular weight excluding hydrogens is 190 g/mol. The van der Waals surface area contributed by atoms with Gasteiger partial charge in [0.15, 0.2) is 5.78 Å². The minimum Gasteiger partial charge on any atom is -0.372 e. The van der Waals surface area contributed by atoms with Crippen molar-refractivity contribution < 1.29 is 9.53 Å². The first-order chi connectivity index (χ1) is 7.15. The number of hydrogen-bond donors (Lipinski definition) is 1. The van der Waals surface area contributed by atoms with E-state index in [1.54, 1.807) is 0 Å². The van der Waals surface area contributed by atoms with E-state index in [-0.39, 0.29) is 12.4 Å². The van der Waals surface area contributed by atoms with Crippen molar-refractivity contribution in [3.63, 3.8) is 0 Å². The molecule has 0 atom stereocenters. The van der Waals surface area contributed by atoms with Crippen LogP contribution in [0.1, 0.15) is 21.5 Å². The van der Waals surface area contributed by atoms with Gasteiger partial charge in [0.1, 0.15) is 6.61 Å². The Balaban J connectivity index is 2.65. The van der Waals surface area contributed by atoms with Crippen molar-refractivity contribution in [2.75, 3.05) is 19.8 Å². The quantitative estimate of drug-likeness (QED) is 0.587. The largest absolute Gasteiger partial charge is 0.372 e. The maximum Gasteiger partial charge on any atom is 0.188 e. The Hall–Kier alpha value is -1.19. The zero-order valence-corrected chi connectivity index (χ0v) is 9.25. The molecule has 0 radical (unpaired) electrons. The van der Waals surface area contributed by atoms with Crippen LogP contribution in [0.3, 0.4) is 0 Å². The number of benzene rings is 1. The van der Waals surface area contributed by atoms with Gasteiger partial charge in [-0.25, -0.2) is 0 Å². The molecule has 0 bridgehead atoms. The van der Waals surface area contributed by atoms with Crippen LogP contribution in [0.15, 0.2) is 18.2 Å². The molecule has 1 rings (SSSR count). The zero-order chi connectivity index (χ0) is 11.3. The van der Waals surface area contributed by atoms with Crippen molar-refractivity contribution in [3.05, 3.63) is 34.9 Å². The summed E-state index contributed by atoms with van der Waals surface area (Å²) in [7, 11) is 0. The second-order valence-electron chi connectivity index (χ2n) is 3.58. The van der Waals surface area contributed by atoms with Crippen LogP contribution in [-0.2, 0) is 4.74 Å². The van der Waals surface area contributed by atoms with Crippen LogP contribution in [0.25, 0.3) is 0 Å². The number of nitrogens with two attached hydrogens (primary N) is 1. The minimum absolute atomic E-state index is 0.0148. The number of carbonyl (C=O) groups excluding carboxylic acids is 1. The standard InChI is InChI=1S/C12H17NO2/c1-9-3-4-11(10(2)7-9)12(14)8-15-6-5-13/h3-4,7H,5-6,8,13H2,1-2H3. The Labute approximate surface area is 90.2 Å². The Morgan fingerprint density at radius 1 is 1.40 bits per heavy atom. The van der Waals surface area contributed by atoms with Crippen molar-refractivity contribution in [1.82, 2.24) is 0 Å². The fraction of sp³-hybridized carbons (Fsp3) is 0.417. The second-order valence-corrected chi connectivity index (χ2v) is 3.58. The van der Waals surface area contributed by atoms with Gasteiger partial charge in [0, 0.05) is 12.1 Å². The monoisotopic (exact) mass is 207 g/mol. The van der Waals surface area contributed by atoms with Crippen molar-refractivity contribution in [2.24, 2.45) is 5.73 Å². The van der Waals surface area contributed by atoms with E-state index in [1.165, 1.54) is 0 Å². The molecule has 0 aliphatic heterocycles. The first-order valence-corrected chi connectivity index (χ1v) is 5.03. The predicted octanol–water partition coefficient (Wildman–Crippen LogP) is 1.46. The van der Waals surface area contributed by atoms with Crippen LogP contribution in [0, 0.1) is 13.8 Å². The molecule has 1 aromatic rings. The van der Waals surface area contributed by atoms with E-state index < -0.39 is 0 Å². The lowest BCUT2D eigenvalue weighted by Crippen LogP contribution is -2.15. The predicted molar refractivity (Wildman–Crippen MR) is 60.1 cm³/mol. The molecule has 0 heterocycles. The molecule has 0 aliphatic carbocycles. The third kappa shape index (κ3) is 3.46. The second kappa shape index (κ2) is 5.63. The SMILES string of the molecule is Cc1ccc(C(=O)COCCN)c(C)c1. The average Bonchev–Trinajstić information content (AvgIpc) is 2.17. The number of ether oxygens (including phenoxy) is 1. The molecular formula is C12H17NO2.